The van der Waals surface area contributed by atoms with Crippen LogP contribution in [0.1, 0.15) is 25.5 Å². The van der Waals surface area contributed by atoms with Crippen LogP contribution in [0.5, 0.6) is 0 Å². The molecule has 0 aliphatic rings. The van der Waals surface area contributed by atoms with E-state index in [1.54, 1.807) is 12.1 Å². The highest BCUT2D eigenvalue weighted by Crippen LogP contribution is 2.07. The second kappa shape index (κ2) is 8.20. The monoisotopic (exact) mass is 266 g/mol. The standard InChI is InChI=1S/C13H18N2O4/c1-2-19-7-3-4-12(16)15-11-6-5-10(14-9-11)8-13(17)18/h5-6,9H,2-4,7-8H2,1H3,(H,15,16)(H,17,18). The normalized spacial score (nSPS) is 10.2. The Morgan fingerprint density at radius 3 is 2.79 bits per heavy atom. The van der Waals surface area contributed by atoms with Crippen LogP contribution in [-0.2, 0) is 20.7 Å². The van der Waals surface area contributed by atoms with Crippen molar-refractivity contribution in [2.24, 2.45) is 0 Å². The number of nitrogens with zero attached hydrogens (tertiary/aromatic N) is 1. The molecule has 0 unspecified atom stereocenters. The molecule has 6 heteroatoms. The average Bonchev–Trinajstić information content (AvgIpc) is 2.36. The average molecular weight is 266 g/mol. The second-order valence-corrected chi connectivity index (χ2v) is 3.96. The molecule has 104 valence electrons. The third-order valence-corrected chi connectivity index (χ3v) is 2.34. The zero-order valence-corrected chi connectivity index (χ0v) is 10.9. The Morgan fingerprint density at radius 1 is 1.42 bits per heavy atom. The van der Waals surface area contributed by atoms with Crippen molar-refractivity contribution in [1.82, 2.24) is 4.98 Å². The van der Waals surface area contributed by atoms with E-state index in [1.807, 2.05) is 6.92 Å². The van der Waals surface area contributed by atoms with Crippen molar-refractivity contribution in [3.05, 3.63) is 24.0 Å². The highest BCUT2D eigenvalue weighted by Gasteiger charge is 2.04. The Labute approximate surface area is 111 Å². The van der Waals surface area contributed by atoms with Crippen LogP contribution < -0.4 is 5.32 Å². The van der Waals surface area contributed by atoms with Crippen molar-refractivity contribution in [2.75, 3.05) is 18.5 Å². The van der Waals surface area contributed by atoms with Crippen molar-refractivity contribution >= 4 is 17.6 Å². The van der Waals surface area contributed by atoms with Gasteiger partial charge < -0.3 is 15.2 Å². The number of nitrogens with one attached hydrogen (secondary N) is 1. The molecule has 0 radical (unpaired) electrons. The van der Waals surface area contributed by atoms with Gasteiger partial charge in [0.05, 0.1) is 24.0 Å². The first kappa shape index (κ1) is 15.1. The molecule has 0 saturated heterocycles. The molecule has 0 aromatic carbocycles. The fourth-order valence-corrected chi connectivity index (χ4v) is 1.46. The van der Waals surface area contributed by atoms with E-state index < -0.39 is 5.97 Å². The molecule has 1 aromatic rings. The van der Waals surface area contributed by atoms with Crippen LogP contribution in [0.3, 0.4) is 0 Å². The molecular weight excluding hydrogens is 248 g/mol. The van der Waals surface area contributed by atoms with E-state index in [0.717, 1.165) is 0 Å². The maximum absolute atomic E-state index is 11.5. The Kier molecular flexibility index (Phi) is 6.52. The lowest BCUT2D eigenvalue weighted by molar-refractivity contribution is -0.136. The van der Waals surface area contributed by atoms with E-state index in [0.29, 0.717) is 37.4 Å². The maximum Gasteiger partial charge on any atom is 0.309 e. The number of carboxylic acids is 1. The number of ether oxygens (including phenoxy) is 1. The smallest absolute Gasteiger partial charge is 0.309 e. The van der Waals surface area contributed by atoms with Gasteiger partial charge in [-0.3, -0.25) is 14.6 Å². The van der Waals surface area contributed by atoms with Crippen molar-refractivity contribution < 1.29 is 19.4 Å². The number of aliphatic carboxylic acids is 1. The number of carbonyl (C=O) groups is 2. The van der Waals surface area contributed by atoms with Crippen molar-refractivity contribution in [1.29, 1.82) is 0 Å². The first-order valence-electron chi connectivity index (χ1n) is 6.16. The van der Waals surface area contributed by atoms with Crippen molar-refractivity contribution in [3.63, 3.8) is 0 Å². The van der Waals surface area contributed by atoms with Crippen LogP contribution >= 0.6 is 0 Å². The third kappa shape index (κ3) is 6.52. The lowest BCUT2D eigenvalue weighted by Crippen LogP contribution is -2.12. The van der Waals surface area contributed by atoms with Crippen molar-refractivity contribution in [3.8, 4) is 0 Å². The third-order valence-electron chi connectivity index (χ3n) is 2.34. The molecule has 0 atom stereocenters. The fourth-order valence-electron chi connectivity index (χ4n) is 1.46. The molecule has 1 heterocycles. The zero-order valence-electron chi connectivity index (χ0n) is 10.9. The maximum atomic E-state index is 11.5. The summed E-state index contributed by atoms with van der Waals surface area (Å²) < 4.78 is 5.14. The quantitative estimate of drug-likeness (QED) is 0.695. The summed E-state index contributed by atoms with van der Waals surface area (Å²) in [5.41, 5.74) is 1.03. The van der Waals surface area contributed by atoms with E-state index in [9.17, 15) is 9.59 Å². The minimum atomic E-state index is -0.930. The molecule has 1 amide bonds. The van der Waals surface area contributed by atoms with Gasteiger partial charge in [0.2, 0.25) is 5.91 Å². The number of aromatic nitrogens is 1. The van der Waals surface area contributed by atoms with Crippen LogP contribution in [-0.4, -0.2) is 35.2 Å². The summed E-state index contributed by atoms with van der Waals surface area (Å²) in [5, 5.41) is 11.3. The number of amides is 1. The summed E-state index contributed by atoms with van der Waals surface area (Å²) in [7, 11) is 0. The van der Waals surface area contributed by atoms with Gasteiger partial charge in [0.15, 0.2) is 0 Å². The van der Waals surface area contributed by atoms with E-state index in [1.165, 1.54) is 6.20 Å². The highest BCUT2D eigenvalue weighted by molar-refractivity contribution is 5.90. The number of rotatable bonds is 8. The molecule has 0 aliphatic carbocycles. The molecule has 0 aliphatic heterocycles. The van der Waals surface area contributed by atoms with Gasteiger partial charge >= 0.3 is 5.97 Å². The number of anilines is 1. The van der Waals surface area contributed by atoms with Crippen LogP contribution in [0, 0.1) is 0 Å². The summed E-state index contributed by atoms with van der Waals surface area (Å²) >= 11 is 0. The number of pyridine rings is 1. The summed E-state index contributed by atoms with van der Waals surface area (Å²) in [6.45, 7) is 3.13. The molecule has 0 saturated carbocycles. The van der Waals surface area contributed by atoms with Gasteiger partial charge in [-0.1, -0.05) is 0 Å². The van der Waals surface area contributed by atoms with Crippen molar-refractivity contribution in [2.45, 2.75) is 26.2 Å². The summed E-state index contributed by atoms with van der Waals surface area (Å²) in [5.74, 6) is -1.03. The van der Waals surface area contributed by atoms with Gasteiger partial charge in [-0.25, -0.2) is 0 Å². The van der Waals surface area contributed by atoms with Gasteiger partial charge in [-0.2, -0.15) is 0 Å². The molecule has 1 rings (SSSR count). The van der Waals surface area contributed by atoms with E-state index >= 15 is 0 Å². The SMILES string of the molecule is CCOCCCC(=O)Nc1ccc(CC(=O)O)nc1. The van der Waals surface area contributed by atoms with E-state index in [-0.39, 0.29) is 12.3 Å². The summed E-state index contributed by atoms with van der Waals surface area (Å²) in [6.07, 6.45) is 2.39. The van der Waals surface area contributed by atoms with E-state index in [2.05, 4.69) is 10.3 Å². The molecule has 6 nitrogen and oxygen atoms in total. The lowest BCUT2D eigenvalue weighted by atomic mass is 10.2. The molecular formula is C13H18N2O4. The number of carboxylic acid groups (broad SMARTS) is 1. The minimum Gasteiger partial charge on any atom is -0.481 e. The van der Waals surface area contributed by atoms with Crippen LogP contribution in [0.15, 0.2) is 18.3 Å². The number of hydrogen-bond acceptors (Lipinski definition) is 4. The summed E-state index contributed by atoms with van der Waals surface area (Å²) in [6, 6.07) is 3.23. The fraction of sp³-hybridized carbons (Fsp3) is 0.462. The first-order valence-corrected chi connectivity index (χ1v) is 6.16. The molecule has 2 N–H and O–H groups in total. The predicted octanol–water partition coefficient (Wildman–Crippen LogP) is 1.46. The number of carbonyl (C=O) groups excluding carboxylic acids is 1. The highest BCUT2D eigenvalue weighted by atomic mass is 16.5. The topological polar surface area (TPSA) is 88.5 Å². The Balaban J connectivity index is 2.36. The minimum absolute atomic E-state index is 0.104. The second-order valence-electron chi connectivity index (χ2n) is 3.96. The van der Waals surface area contributed by atoms with E-state index in [4.69, 9.17) is 9.84 Å². The Bertz CT molecular complexity index is 417. The molecule has 0 spiro atoms. The molecule has 0 fully saturated rings. The van der Waals surface area contributed by atoms with Gasteiger partial charge in [0.25, 0.3) is 0 Å². The van der Waals surface area contributed by atoms with Crippen LogP contribution in [0.4, 0.5) is 5.69 Å². The Hall–Kier alpha value is -1.95. The zero-order chi connectivity index (χ0) is 14.1. The van der Waals surface area contributed by atoms with Gasteiger partial charge in [-0.05, 0) is 25.5 Å². The Morgan fingerprint density at radius 2 is 2.21 bits per heavy atom. The van der Waals surface area contributed by atoms with Gasteiger partial charge in [-0.15, -0.1) is 0 Å². The van der Waals surface area contributed by atoms with Crippen LogP contribution in [0.25, 0.3) is 0 Å². The predicted molar refractivity (Wildman–Crippen MR) is 69.9 cm³/mol. The molecule has 1 aromatic heterocycles. The van der Waals surface area contributed by atoms with Gasteiger partial charge in [0, 0.05) is 19.6 Å². The first-order chi connectivity index (χ1) is 9.11. The number of hydrogen-bond donors (Lipinski definition) is 2. The molecule has 19 heavy (non-hydrogen) atoms. The largest absolute Gasteiger partial charge is 0.481 e. The lowest BCUT2D eigenvalue weighted by Gasteiger charge is -2.05. The van der Waals surface area contributed by atoms with Crippen LogP contribution in [0.2, 0.25) is 0 Å². The summed E-state index contributed by atoms with van der Waals surface area (Å²) in [4.78, 5) is 26.0. The molecule has 0 bridgehead atoms. The van der Waals surface area contributed by atoms with Gasteiger partial charge in [0.1, 0.15) is 0 Å².